The summed E-state index contributed by atoms with van der Waals surface area (Å²) in [6.07, 6.45) is 0. The van der Waals surface area contributed by atoms with Crippen molar-refractivity contribution in [1.29, 1.82) is 0 Å². The van der Waals surface area contributed by atoms with Gasteiger partial charge in [0.2, 0.25) is 0 Å². The van der Waals surface area contributed by atoms with Gasteiger partial charge in [0, 0.05) is 33.5 Å². The van der Waals surface area contributed by atoms with Crippen molar-refractivity contribution in [1.82, 2.24) is 4.57 Å². The van der Waals surface area contributed by atoms with Crippen LogP contribution in [0.1, 0.15) is 0 Å². The number of nitrogens with zero attached hydrogens (tertiary/aromatic N) is 2. The van der Waals surface area contributed by atoms with Crippen LogP contribution in [0.5, 0.6) is 0 Å². The minimum Gasteiger partial charge on any atom is -0.310 e. The molecule has 2 heteroatoms. The average molecular weight is 765 g/mol. The Morgan fingerprint density at radius 2 is 0.833 bits per heavy atom. The lowest BCUT2D eigenvalue weighted by atomic mass is 9.93. The van der Waals surface area contributed by atoms with E-state index in [2.05, 4.69) is 252 Å². The van der Waals surface area contributed by atoms with E-state index in [-0.39, 0.29) is 0 Å². The molecular weight excluding hydrogens is 725 g/mol. The Morgan fingerprint density at radius 1 is 0.283 bits per heavy atom. The number of fused-ring (bicyclic) bond motifs is 5. The van der Waals surface area contributed by atoms with E-state index in [1.54, 1.807) is 0 Å². The summed E-state index contributed by atoms with van der Waals surface area (Å²) < 4.78 is 2.42. The van der Waals surface area contributed by atoms with Gasteiger partial charge in [0.1, 0.15) is 0 Å². The molecule has 0 aliphatic carbocycles. The van der Waals surface area contributed by atoms with Crippen molar-refractivity contribution in [3.05, 3.63) is 243 Å². The fourth-order valence-electron chi connectivity index (χ4n) is 8.94. The molecule has 0 saturated carbocycles. The monoisotopic (exact) mass is 764 g/mol. The Hall–Kier alpha value is -7.94. The minimum absolute atomic E-state index is 1.08. The maximum absolute atomic E-state index is 2.42. The van der Waals surface area contributed by atoms with Crippen molar-refractivity contribution in [2.75, 3.05) is 4.90 Å². The van der Waals surface area contributed by atoms with Crippen LogP contribution in [0.4, 0.5) is 17.1 Å². The molecular formula is C58H40N2. The van der Waals surface area contributed by atoms with Crippen molar-refractivity contribution in [3.63, 3.8) is 0 Å². The predicted octanol–water partition coefficient (Wildman–Crippen LogP) is 16.1. The Kier molecular flexibility index (Phi) is 8.87. The zero-order chi connectivity index (χ0) is 39.8. The number of rotatable bonds is 8. The number of anilines is 3. The molecule has 0 saturated heterocycles. The smallest absolute Gasteiger partial charge is 0.0547 e. The molecule has 0 amide bonds. The van der Waals surface area contributed by atoms with Gasteiger partial charge in [-0.05, 0) is 116 Å². The highest BCUT2D eigenvalue weighted by atomic mass is 15.1. The highest BCUT2D eigenvalue weighted by Gasteiger charge is 2.19. The normalized spacial score (nSPS) is 11.3. The molecule has 1 aromatic heterocycles. The second kappa shape index (κ2) is 15.1. The maximum atomic E-state index is 2.42. The number of hydrogen-bond acceptors (Lipinski definition) is 1. The first-order valence-corrected chi connectivity index (χ1v) is 20.6. The van der Waals surface area contributed by atoms with Crippen LogP contribution in [-0.2, 0) is 0 Å². The number of para-hydroxylation sites is 1. The summed E-state index contributed by atoms with van der Waals surface area (Å²) in [5.74, 6) is 0. The molecule has 0 radical (unpaired) electrons. The highest BCUT2D eigenvalue weighted by molar-refractivity contribution is 6.21. The van der Waals surface area contributed by atoms with Gasteiger partial charge in [0.05, 0.1) is 11.0 Å². The third-order valence-electron chi connectivity index (χ3n) is 11.8. The lowest BCUT2D eigenvalue weighted by Crippen LogP contribution is -2.10. The van der Waals surface area contributed by atoms with E-state index in [1.165, 1.54) is 66.0 Å². The summed E-state index contributed by atoms with van der Waals surface area (Å²) in [6, 6.07) is 87.8. The molecule has 11 rings (SSSR count). The van der Waals surface area contributed by atoms with Crippen LogP contribution >= 0.6 is 0 Å². The van der Waals surface area contributed by atoms with Crippen molar-refractivity contribution in [2.45, 2.75) is 0 Å². The standard InChI is InChI=1S/C58H40N2/c1-4-16-41(17-5-1)42-30-33-48(34-31-42)59(51-35-36-52(43-18-6-2-7-19-43)55(40-51)44-20-8-3-9-21-44)49-25-14-23-46(38-49)47-24-15-26-50(39-47)60-56-29-13-12-28-54(56)58-53-27-11-10-22-45(53)32-37-57(58)60/h1-40H. The van der Waals surface area contributed by atoms with Crippen molar-refractivity contribution < 1.29 is 0 Å². The van der Waals surface area contributed by atoms with Crippen LogP contribution in [0, 0.1) is 0 Å². The van der Waals surface area contributed by atoms with E-state index >= 15 is 0 Å². The van der Waals surface area contributed by atoms with Crippen molar-refractivity contribution in [3.8, 4) is 50.2 Å². The van der Waals surface area contributed by atoms with E-state index in [4.69, 9.17) is 0 Å². The quantitative estimate of drug-likeness (QED) is 0.150. The topological polar surface area (TPSA) is 8.17 Å². The Labute approximate surface area is 350 Å². The molecule has 0 aliphatic rings. The molecule has 11 aromatic rings. The lowest BCUT2D eigenvalue weighted by molar-refractivity contribution is 1.18. The summed E-state index contributed by atoms with van der Waals surface area (Å²) >= 11 is 0. The SMILES string of the molecule is c1ccc(-c2ccc(N(c3cccc(-c4cccc(-n5c6ccccc6c6c7ccccc7ccc65)c4)c3)c3ccc(-c4ccccc4)c(-c4ccccc4)c3)cc2)cc1. The van der Waals surface area contributed by atoms with Crippen LogP contribution in [0.25, 0.3) is 82.8 Å². The Balaban J connectivity index is 1.06. The van der Waals surface area contributed by atoms with E-state index in [9.17, 15) is 0 Å². The molecule has 10 aromatic carbocycles. The van der Waals surface area contributed by atoms with Crippen LogP contribution in [0.15, 0.2) is 243 Å². The van der Waals surface area contributed by atoms with Gasteiger partial charge in [-0.1, -0.05) is 182 Å². The van der Waals surface area contributed by atoms with Crippen LogP contribution < -0.4 is 4.90 Å². The van der Waals surface area contributed by atoms with Gasteiger partial charge in [-0.15, -0.1) is 0 Å². The second-order valence-corrected chi connectivity index (χ2v) is 15.3. The molecule has 0 N–H and O–H groups in total. The molecule has 0 fully saturated rings. The predicted molar refractivity (Wildman–Crippen MR) is 255 cm³/mol. The molecule has 0 spiro atoms. The maximum Gasteiger partial charge on any atom is 0.0547 e. The van der Waals surface area contributed by atoms with E-state index in [0.717, 1.165) is 33.9 Å². The Morgan fingerprint density at radius 3 is 1.58 bits per heavy atom. The molecule has 0 bridgehead atoms. The molecule has 0 unspecified atom stereocenters. The third-order valence-corrected chi connectivity index (χ3v) is 11.8. The molecule has 1 heterocycles. The largest absolute Gasteiger partial charge is 0.310 e. The van der Waals surface area contributed by atoms with Gasteiger partial charge < -0.3 is 9.47 Å². The summed E-state index contributed by atoms with van der Waals surface area (Å²) in [6.45, 7) is 0. The zero-order valence-electron chi connectivity index (χ0n) is 33.0. The van der Waals surface area contributed by atoms with Crippen LogP contribution in [-0.4, -0.2) is 4.57 Å². The number of benzene rings is 10. The van der Waals surface area contributed by atoms with Crippen molar-refractivity contribution >= 4 is 49.6 Å². The van der Waals surface area contributed by atoms with Gasteiger partial charge in [0.25, 0.3) is 0 Å². The fourth-order valence-corrected chi connectivity index (χ4v) is 8.94. The zero-order valence-corrected chi connectivity index (χ0v) is 33.0. The summed E-state index contributed by atoms with van der Waals surface area (Å²) in [5.41, 5.74) is 16.3. The first-order valence-electron chi connectivity index (χ1n) is 20.6. The summed E-state index contributed by atoms with van der Waals surface area (Å²) in [4.78, 5) is 2.39. The van der Waals surface area contributed by atoms with Gasteiger partial charge in [-0.2, -0.15) is 0 Å². The molecule has 0 aliphatic heterocycles. The molecule has 60 heavy (non-hydrogen) atoms. The van der Waals surface area contributed by atoms with Gasteiger partial charge in [-0.25, -0.2) is 0 Å². The third kappa shape index (κ3) is 6.32. The van der Waals surface area contributed by atoms with E-state index in [0.29, 0.717) is 0 Å². The average Bonchev–Trinajstić information content (AvgIpc) is 3.68. The molecule has 0 atom stereocenters. The summed E-state index contributed by atoms with van der Waals surface area (Å²) in [5, 5.41) is 5.08. The first-order chi connectivity index (χ1) is 29.8. The highest BCUT2D eigenvalue weighted by Crippen LogP contribution is 2.43. The molecule has 282 valence electrons. The number of aromatic nitrogens is 1. The van der Waals surface area contributed by atoms with Gasteiger partial charge in [-0.3, -0.25) is 0 Å². The first kappa shape index (κ1) is 35.2. The van der Waals surface area contributed by atoms with Gasteiger partial charge in [0.15, 0.2) is 0 Å². The lowest BCUT2D eigenvalue weighted by Gasteiger charge is -2.27. The minimum atomic E-state index is 1.08. The fraction of sp³-hybridized carbons (Fsp3) is 0. The number of hydrogen-bond donors (Lipinski definition) is 0. The van der Waals surface area contributed by atoms with Crippen molar-refractivity contribution in [2.24, 2.45) is 0 Å². The van der Waals surface area contributed by atoms with E-state index < -0.39 is 0 Å². The van der Waals surface area contributed by atoms with E-state index in [1.807, 2.05) is 0 Å². The van der Waals surface area contributed by atoms with Gasteiger partial charge >= 0.3 is 0 Å². The Bertz CT molecular complexity index is 3290. The molecule has 2 nitrogen and oxygen atoms in total. The van der Waals surface area contributed by atoms with Crippen LogP contribution in [0.2, 0.25) is 0 Å². The second-order valence-electron chi connectivity index (χ2n) is 15.3. The summed E-state index contributed by atoms with van der Waals surface area (Å²) in [7, 11) is 0. The van der Waals surface area contributed by atoms with Crippen LogP contribution in [0.3, 0.4) is 0 Å².